The highest BCUT2D eigenvalue weighted by atomic mass is 28.4. The Balaban J connectivity index is 2.60. The first-order chi connectivity index (χ1) is 7.98. The van der Waals surface area contributed by atoms with Crippen molar-refractivity contribution in [1.82, 2.24) is 4.90 Å². The van der Waals surface area contributed by atoms with Crippen molar-refractivity contribution in [2.45, 2.75) is 58.5 Å². The van der Waals surface area contributed by atoms with E-state index in [0.717, 1.165) is 4.90 Å². The molecule has 1 fully saturated rings. The van der Waals surface area contributed by atoms with Crippen LogP contribution in [-0.4, -0.2) is 43.5 Å². The number of hydrogen-bond donors (Lipinski definition) is 0. The van der Waals surface area contributed by atoms with Crippen molar-refractivity contribution in [2.24, 2.45) is 0 Å². The van der Waals surface area contributed by atoms with Gasteiger partial charge in [-0.25, -0.2) is 9.69 Å². The molecule has 104 valence electrons. The maximum Gasteiger partial charge on any atom is 0.417 e. The summed E-state index contributed by atoms with van der Waals surface area (Å²) in [6.45, 7) is 11.8. The van der Waals surface area contributed by atoms with Crippen molar-refractivity contribution < 1.29 is 18.8 Å². The Morgan fingerprint density at radius 3 is 2.33 bits per heavy atom. The van der Waals surface area contributed by atoms with Crippen molar-refractivity contribution in [3.8, 4) is 0 Å². The summed E-state index contributed by atoms with van der Waals surface area (Å²) in [6, 6.07) is 0. The smallest absolute Gasteiger partial charge is 0.417 e. The van der Waals surface area contributed by atoms with Gasteiger partial charge in [-0.05, 0) is 40.4 Å². The predicted molar refractivity (Wildman–Crippen MR) is 70.8 cm³/mol. The summed E-state index contributed by atoms with van der Waals surface area (Å²) < 4.78 is 11.0. The highest BCUT2D eigenvalue weighted by Gasteiger charge is 2.38. The molecule has 1 atom stereocenters. The lowest BCUT2D eigenvalue weighted by Gasteiger charge is -2.25. The summed E-state index contributed by atoms with van der Waals surface area (Å²) in [5.74, 6) is -0.215. The first-order valence-corrected chi connectivity index (χ1v) is 9.60. The third kappa shape index (κ3) is 4.78. The number of amides is 2. The second kappa shape index (κ2) is 5.01. The highest BCUT2D eigenvalue weighted by Crippen LogP contribution is 2.21. The summed E-state index contributed by atoms with van der Waals surface area (Å²) >= 11 is 0. The van der Waals surface area contributed by atoms with Crippen molar-refractivity contribution in [3.05, 3.63) is 0 Å². The summed E-state index contributed by atoms with van der Waals surface area (Å²) in [4.78, 5) is 24.7. The van der Waals surface area contributed by atoms with Gasteiger partial charge in [0.1, 0.15) is 5.60 Å². The van der Waals surface area contributed by atoms with Gasteiger partial charge in [0, 0.05) is 0 Å². The maximum absolute atomic E-state index is 11.8. The van der Waals surface area contributed by atoms with Crippen LogP contribution in [0.5, 0.6) is 0 Å². The number of ether oxygens (including phenoxy) is 1. The lowest BCUT2D eigenvalue weighted by atomic mass is 10.2. The minimum absolute atomic E-state index is 0.184. The van der Waals surface area contributed by atoms with Gasteiger partial charge in [0.2, 0.25) is 5.91 Å². The summed E-state index contributed by atoms with van der Waals surface area (Å²) in [6.07, 6.45) is -0.491. The standard InChI is InChI=1S/C12H23NO4Si/c1-12(2,3)16-11(15)13-8-9(7-10(13)14)17-18(4,5)6/h9H,7-8H2,1-6H3. The van der Waals surface area contributed by atoms with Gasteiger partial charge in [0.05, 0.1) is 19.1 Å². The molecule has 1 saturated heterocycles. The molecule has 0 aromatic rings. The van der Waals surface area contributed by atoms with Crippen molar-refractivity contribution in [2.75, 3.05) is 6.54 Å². The Morgan fingerprint density at radius 2 is 1.89 bits per heavy atom. The van der Waals surface area contributed by atoms with Gasteiger partial charge in [0.15, 0.2) is 8.32 Å². The van der Waals surface area contributed by atoms with Crippen LogP contribution < -0.4 is 0 Å². The molecule has 1 aliphatic heterocycles. The van der Waals surface area contributed by atoms with Gasteiger partial charge in [0.25, 0.3) is 0 Å². The molecule has 18 heavy (non-hydrogen) atoms. The Labute approximate surface area is 110 Å². The molecule has 1 aliphatic rings. The van der Waals surface area contributed by atoms with E-state index in [-0.39, 0.29) is 18.4 Å². The monoisotopic (exact) mass is 273 g/mol. The van der Waals surface area contributed by atoms with E-state index in [1.54, 1.807) is 20.8 Å². The van der Waals surface area contributed by atoms with Crippen LogP contribution in [0.15, 0.2) is 0 Å². The average Bonchev–Trinajstić information content (AvgIpc) is 2.39. The molecule has 0 radical (unpaired) electrons. The van der Waals surface area contributed by atoms with Crippen LogP contribution in [-0.2, 0) is 14.0 Å². The van der Waals surface area contributed by atoms with Crippen LogP contribution in [0.3, 0.4) is 0 Å². The number of carbonyl (C=O) groups is 2. The quantitative estimate of drug-likeness (QED) is 0.725. The van der Waals surface area contributed by atoms with Gasteiger partial charge < -0.3 is 9.16 Å². The minimum Gasteiger partial charge on any atom is -0.443 e. The van der Waals surface area contributed by atoms with Crippen LogP contribution in [0.1, 0.15) is 27.2 Å². The number of imide groups is 1. The van der Waals surface area contributed by atoms with Crippen LogP contribution in [0.25, 0.3) is 0 Å². The molecular weight excluding hydrogens is 250 g/mol. The number of hydrogen-bond acceptors (Lipinski definition) is 4. The first-order valence-electron chi connectivity index (χ1n) is 6.19. The van der Waals surface area contributed by atoms with E-state index in [9.17, 15) is 9.59 Å². The molecule has 0 aliphatic carbocycles. The fourth-order valence-electron chi connectivity index (χ4n) is 1.75. The van der Waals surface area contributed by atoms with Gasteiger partial charge in [-0.3, -0.25) is 4.79 Å². The SMILES string of the molecule is CC(C)(C)OC(=O)N1CC(O[Si](C)(C)C)CC1=O. The molecule has 5 nitrogen and oxygen atoms in total. The number of likely N-dealkylation sites (tertiary alicyclic amines) is 1. The second-order valence-electron chi connectivity index (χ2n) is 6.54. The number of rotatable bonds is 2. The zero-order valence-electron chi connectivity index (χ0n) is 12.1. The maximum atomic E-state index is 11.8. The normalized spacial score (nSPS) is 21.3. The molecular formula is C12H23NO4Si. The Hall–Kier alpha value is -0.883. The summed E-state index contributed by atoms with van der Waals surface area (Å²) in [7, 11) is -1.69. The van der Waals surface area contributed by atoms with Crippen LogP contribution >= 0.6 is 0 Å². The Bertz CT molecular complexity index is 343. The van der Waals surface area contributed by atoms with E-state index in [1.165, 1.54) is 0 Å². The second-order valence-corrected chi connectivity index (χ2v) is 11.0. The zero-order valence-corrected chi connectivity index (χ0v) is 13.1. The molecule has 1 heterocycles. The Kier molecular flexibility index (Phi) is 4.22. The van der Waals surface area contributed by atoms with Crippen molar-refractivity contribution in [1.29, 1.82) is 0 Å². The molecule has 1 unspecified atom stereocenters. The molecule has 0 aromatic heterocycles. The van der Waals surface area contributed by atoms with E-state index < -0.39 is 20.0 Å². The van der Waals surface area contributed by atoms with Gasteiger partial charge in [-0.15, -0.1) is 0 Å². The van der Waals surface area contributed by atoms with Gasteiger partial charge in [-0.2, -0.15) is 0 Å². The third-order valence-corrected chi connectivity index (χ3v) is 3.26. The number of carbonyl (C=O) groups excluding carboxylic acids is 2. The van der Waals surface area contributed by atoms with Crippen LogP contribution in [0, 0.1) is 0 Å². The molecule has 0 saturated carbocycles. The van der Waals surface area contributed by atoms with Gasteiger partial charge >= 0.3 is 6.09 Å². The Morgan fingerprint density at radius 1 is 1.33 bits per heavy atom. The van der Waals surface area contributed by atoms with Crippen molar-refractivity contribution >= 4 is 20.3 Å². The van der Waals surface area contributed by atoms with E-state index >= 15 is 0 Å². The molecule has 1 rings (SSSR count). The molecule has 0 spiro atoms. The topological polar surface area (TPSA) is 55.8 Å². The fraction of sp³-hybridized carbons (Fsp3) is 0.833. The summed E-state index contributed by atoms with van der Waals surface area (Å²) in [5, 5.41) is 0. The molecule has 0 bridgehead atoms. The van der Waals surface area contributed by atoms with E-state index in [1.807, 2.05) is 0 Å². The lowest BCUT2D eigenvalue weighted by Crippen LogP contribution is -2.39. The first kappa shape index (κ1) is 15.2. The van der Waals surface area contributed by atoms with Crippen molar-refractivity contribution in [3.63, 3.8) is 0 Å². The summed E-state index contributed by atoms with van der Waals surface area (Å²) in [5.41, 5.74) is -0.588. The fourth-order valence-corrected chi connectivity index (χ4v) is 2.91. The molecule has 0 aromatic carbocycles. The molecule has 2 amide bonds. The van der Waals surface area contributed by atoms with E-state index in [0.29, 0.717) is 6.54 Å². The zero-order chi connectivity index (χ0) is 14.1. The van der Waals surface area contributed by atoms with Gasteiger partial charge in [-0.1, -0.05) is 0 Å². The highest BCUT2D eigenvalue weighted by molar-refractivity contribution is 6.69. The third-order valence-electron chi connectivity index (χ3n) is 2.22. The van der Waals surface area contributed by atoms with E-state index in [2.05, 4.69) is 19.6 Å². The predicted octanol–water partition coefficient (Wildman–Crippen LogP) is 2.37. The lowest BCUT2D eigenvalue weighted by molar-refractivity contribution is -0.127. The minimum atomic E-state index is -1.69. The van der Waals surface area contributed by atoms with Crippen LogP contribution in [0.4, 0.5) is 4.79 Å². The number of nitrogens with zero attached hydrogens (tertiary/aromatic N) is 1. The largest absolute Gasteiger partial charge is 0.443 e. The molecule has 6 heteroatoms. The van der Waals surface area contributed by atoms with E-state index in [4.69, 9.17) is 9.16 Å². The average molecular weight is 273 g/mol. The molecule has 0 N–H and O–H groups in total. The van der Waals surface area contributed by atoms with Crippen LogP contribution in [0.2, 0.25) is 19.6 Å².